The van der Waals surface area contributed by atoms with E-state index in [2.05, 4.69) is 20.8 Å². The summed E-state index contributed by atoms with van der Waals surface area (Å²) in [5.41, 5.74) is 4.08. The Balaban J connectivity index is 1.61. The number of thioether (sulfide) groups is 1. The van der Waals surface area contributed by atoms with Crippen molar-refractivity contribution in [2.75, 3.05) is 11.1 Å². The largest absolute Gasteiger partial charge is 0.325 e. The molecule has 0 atom stereocenters. The first-order valence-corrected chi connectivity index (χ1v) is 8.91. The molecule has 0 aliphatic rings. The molecule has 0 saturated heterocycles. The Kier molecular flexibility index (Phi) is 5.45. The maximum atomic E-state index is 12.3. The average molecular weight is 353 g/mol. The fraction of sp³-hybridized carbons (Fsp3) is 0.222. The zero-order chi connectivity index (χ0) is 17.6. The van der Waals surface area contributed by atoms with Crippen molar-refractivity contribution < 1.29 is 4.79 Å². The number of hydrogen-bond acceptors (Lipinski definition) is 5. The number of nitrogens with one attached hydrogen (secondary N) is 1. The van der Waals surface area contributed by atoms with Gasteiger partial charge in [-0.05, 0) is 41.0 Å². The highest BCUT2D eigenvalue weighted by atomic mass is 32.2. The van der Waals surface area contributed by atoms with Gasteiger partial charge in [-0.1, -0.05) is 60.3 Å². The Bertz CT molecular complexity index is 843. The predicted molar refractivity (Wildman–Crippen MR) is 98.6 cm³/mol. The minimum Gasteiger partial charge on any atom is -0.325 e. The molecule has 128 valence electrons. The molecule has 7 heteroatoms. The van der Waals surface area contributed by atoms with Crippen LogP contribution in [0.4, 0.5) is 5.69 Å². The summed E-state index contributed by atoms with van der Waals surface area (Å²) in [7, 11) is 0. The second-order valence-corrected chi connectivity index (χ2v) is 6.65. The minimum atomic E-state index is -0.0725. The molecule has 0 fully saturated rings. The number of aromatic nitrogens is 4. The number of aryl methyl sites for hydroxylation is 2. The van der Waals surface area contributed by atoms with E-state index >= 15 is 0 Å². The zero-order valence-corrected chi connectivity index (χ0v) is 15.0. The van der Waals surface area contributed by atoms with E-state index in [1.54, 1.807) is 4.68 Å². The van der Waals surface area contributed by atoms with Crippen LogP contribution in [0.2, 0.25) is 0 Å². The molecule has 1 aromatic heterocycles. The number of hydrogen-bond donors (Lipinski definition) is 1. The molecule has 0 saturated carbocycles. The summed E-state index contributed by atoms with van der Waals surface area (Å²) in [6.07, 6.45) is 0. The number of tetrazole rings is 1. The maximum absolute atomic E-state index is 12.3. The van der Waals surface area contributed by atoms with E-state index in [1.165, 1.54) is 11.8 Å². The van der Waals surface area contributed by atoms with Crippen molar-refractivity contribution in [3.63, 3.8) is 0 Å². The van der Waals surface area contributed by atoms with E-state index in [1.807, 2.05) is 62.4 Å². The van der Waals surface area contributed by atoms with Gasteiger partial charge in [0.05, 0.1) is 12.3 Å². The van der Waals surface area contributed by atoms with Gasteiger partial charge >= 0.3 is 0 Å². The molecule has 0 bridgehead atoms. The maximum Gasteiger partial charge on any atom is 0.234 e. The fourth-order valence-electron chi connectivity index (χ4n) is 2.47. The number of anilines is 1. The van der Waals surface area contributed by atoms with Gasteiger partial charge in [0.1, 0.15) is 0 Å². The Labute approximate surface area is 150 Å². The van der Waals surface area contributed by atoms with Crippen molar-refractivity contribution in [1.29, 1.82) is 0 Å². The van der Waals surface area contributed by atoms with Crippen molar-refractivity contribution in [2.24, 2.45) is 0 Å². The zero-order valence-electron chi connectivity index (χ0n) is 14.1. The van der Waals surface area contributed by atoms with Gasteiger partial charge in [-0.25, -0.2) is 4.68 Å². The molecule has 3 aromatic rings. The lowest BCUT2D eigenvalue weighted by atomic mass is 10.1. The number of amides is 1. The molecule has 25 heavy (non-hydrogen) atoms. The van der Waals surface area contributed by atoms with E-state index < -0.39 is 0 Å². The summed E-state index contributed by atoms with van der Waals surface area (Å²) < 4.78 is 1.70. The molecule has 0 spiro atoms. The van der Waals surface area contributed by atoms with E-state index in [9.17, 15) is 4.79 Å². The van der Waals surface area contributed by atoms with E-state index in [0.29, 0.717) is 11.7 Å². The van der Waals surface area contributed by atoms with Crippen molar-refractivity contribution >= 4 is 23.4 Å². The van der Waals surface area contributed by atoms with Crippen LogP contribution in [-0.4, -0.2) is 31.9 Å². The molecular formula is C18H19N5OS. The quantitative estimate of drug-likeness (QED) is 0.690. The first kappa shape index (κ1) is 17.2. The van der Waals surface area contributed by atoms with Crippen molar-refractivity contribution in [1.82, 2.24) is 20.2 Å². The second-order valence-electron chi connectivity index (χ2n) is 5.71. The molecule has 1 N–H and O–H groups in total. The smallest absolute Gasteiger partial charge is 0.234 e. The minimum absolute atomic E-state index is 0.0725. The number of rotatable bonds is 6. The van der Waals surface area contributed by atoms with Crippen molar-refractivity contribution in [2.45, 2.75) is 25.5 Å². The van der Waals surface area contributed by atoms with Crippen LogP contribution < -0.4 is 5.32 Å². The van der Waals surface area contributed by atoms with Gasteiger partial charge in [0.15, 0.2) is 0 Å². The van der Waals surface area contributed by atoms with E-state index in [-0.39, 0.29) is 11.7 Å². The van der Waals surface area contributed by atoms with Crippen LogP contribution in [-0.2, 0) is 11.3 Å². The van der Waals surface area contributed by atoms with Gasteiger partial charge in [0.2, 0.25) is 11.1 Å². The van der Waals surface area contributed by atoms with Gasteiger partial charge in [-0.2, -0.15) is 0 Å². The van der Waals surface area contributed by atoms with Gasteiger partial charge in [-0.3, -0.25) is 4.79 Å². The Hall–Kier alpha value is -2.67. The Morgan fingerprint density at radius 2 is 1.80 bits per heavy atom. The standard InChI is InChI=1S/C18H19N5OS/c1-13-7-6-8-14(2)17(13)19-16(24)12-25-18-20-21-22-23(18)11-15-9-4-3-5-10-15/h3-10H,11-12H2,1-2H3,(H,19,24). The van der Waals surface area contributed by atoms with E-state index in [0.717, 1.165) is 22.4 Å². The highest BCUT2D eigenvalue weighted by Crippen LogP contribution is 2.21. The highest BCUT2D eigenvalue weighted by molar-refractivity contribution is 7.99. The molecule has 2 aromatic carbocycles. The van der Waals surface area contributed by atoms with Crippen molar-refractivity contribution in [3.05, 3.63) is 65.2 Å². The fourth-order valence-corrected chi connectivity index (χ4v) is 3.15. The van der Waals surface area contributed by atoms with Crippen LogP contribution in [0.5, 0.6) is 0 Å². The monoisotopic (exact) mass is 353 g/mol. The molecule has 0 aliphatic carbocycles. The van der Waals surface area contributed by atoms with Crippen LogP contribution in [0.1, 0.15) is 16.7 Å². The van der Waals surface area contributed by atoms with Gasteiger partial charge in [-0.15, -0.1) is 5.10 Å². The lowest BCUT2D eigenvalue weighted by Crippen LogP contribution is -2.16. The SMILES string of the molecule is Cc1cccc(C)c1NC(=O)CSc1nnnn1Cc1ccccc1. The molecule has 1 heterocycles. The number of nitrogens with zero attached hydrogens (tertiary/aromatic N) is 4. The summed E-state index contributed by atoms with van der Waals surface area (Å²) in [5, 5.41) is 15.3. The molecule has 3 rings (SSSR count). The van der Waals surface area contributed by atoms with Gasteiger partial charge in [0.25, 0.3) is 0 Å². The lowest BCUT2D eigenvalue weighted by Gasteiger charge is -2.11. The van der Waals surface area contributed by atoms with Gasteiger partial charge < -0.3 is 5.32 Å². The molecular weight excluding hydrogens is 334 g/mol. The number of carbonyl (C=O) groups is 1. The molecule has 0 radical (unpaired) electrons. The highest BCUT2D eigenvalue weighted by Gasteiger charge is 2.12. The third-order valence-electron chi connectivity index (χ3n) is 3.75. The van der Waals surface area contributed by atoms with Gasteiger partial charge in [0, 0.05) is 5.69 Å². The number of carbonyl (C=O) groups excluding carboxylic acids is 1. The first-order chi connectivity index (χ1) is 12.1. The second kappa shape index (κ2) is 7.94. The van der Waals surface area contributed by atoms with E-state index in [4.69, 9.17) is 0 Å². The van der Waals surface area contributed by atoms with Crippen molar-refractivity contribution in [3.8, 4) is 0 Å². The number of benzene rings is 2. The summed E-state index contributed by atoms with van der Waals surface area (Å²) >= 11 is 1.33. The number of para-hydroxylation sites is 1. The molecule has 0 aliphatic heterocycles. The van der Waals surface area contributed by atoms with Crippen LogP contribution in [0.15, 0.2) is 53.7 Å². The van der Waals surface area contributed by atoms with Crippen LogP contribution in [0.25, 0.3) is 0 Å². The first-order valence-electron chi connectivity index (χ1n) is 7.92. The van der Waals surface area contributed by atoms with Crippen LogP contribution in [0, 0.1) is 13.8 Å². The third kappa shape index (κ3) is 4.45. The van der Waals surface area contributed by atoms with Crippen LogP contribution >= 0.6 is 11.8 Å². The molecule has 1 amide bonds. The summed E-state index contributed by atoms with van der Waals surface area (Å²) in [5.74, 6) is 0.180. The summed E-state index contributed by atoms with van der Waals surface area (Å²) in [6, 6.07) is 15.9. The summed E-state index contributed by atoms with van der Waals surface area (Å²) in [6.45, 7) is 4.54. The summed E-state index contributed by atoms with van der Waals surface area (Å²) in [4.78, 5) is 12.3. The molecule has 0 unspecified atom stereocenters. The third-order valence-corrected chi connectivity index (χ3v) is 4.71. The Morgan fingerprint density at radius 1 is 1.08 bits per heavy atom. The normalized spacial score (nSPS) is 10.6. The topological polar surface area (TPSA) is 72.7 Å². The average Bonchev–Trinajstić information content (AvgIpc) is 3.04. The molecule has 6 nitrogen and oxygen atoms in total. The van der Waals surface area contributed by atoms with Crippen LogP contribution in [0.3, 0.4) is 0 Å². The Morgan fingerprint density at radius 3 is 2.52 bits per heavy atom. The predicted octanol–water partition coefficient (Wildman–Crippen LogP) is 3.07. The lowest BCUT2D eigenvalue weighted by molar-refractivity contribution is -0.113.